The summed E-state index contributed by atoms with van der Waals surface area (Å²) in [5.41, 5.74) is 9.04. The lowest BCUT2D eigenvalue weighted by Crippen LogP contribution is -2.42. The normalized spacial score (nSPS) is 20.3. The molecule has 6 nitrogen and oxygen atoms in total. The van der Waals surface area contributed by atoms with Crippen LogP contribution < -0.4 is 11.1 Å². The summed E-state index contributed by atoms with van der Waals surface area (Å²) >= 11 is 0. The van der Waals surface area contributed by atoms with Gasteiger partial charge in [0, 0.05) is 38.8 Å². The molecule has 3 rings (SSSR count). The molecule has 0 aliphatic carbocycles. The summed E-state index contributed by atoms with van der Waals surface area (Å²) in [5.74, 6) is 0.577. The summed E-state index contributed by atoms with van der Waals surface area (Å²) in [4.78, 5) is 9.62. The minimum absolute atomic E-state index is 0.451. The first-order valence-electron chi connectivity index (χ1n) is 10.4. The van der Waals surface area contributed by atoms with E-state index >= 15 is 0 Å². The van der Waals surface area contributed by atoms with Gasteiger partial charge in [0.05, 0.1) is 19.8 Å². The van der Waals surface area contributed by atoms with Crippen molar-refractivity contribution in [3.63, 3.8) is 0 Å². The fraction of sp³-hybridized carbons (Fsp3) is 0.667. The number of hydrogen-bond donors (Lipinski definition) is 2. The van der Waals surface area contributed by atoms with Crippen LogP contribution in [0.1, 0.15) is 30.9 Å². The summed E-state index contributed by atoms with van der Waals surface area (Å²) in [6, 6.07) is 9.24. The monoisotopic (exact) mass is 373 g/mol. The van der Waals surface area contributed by atoms with Crippen LogP contribution in [0.15, 0.2) is 29.3 Å². The maximum absolute atomic E-state index is 6.09. The van der Waals surface area contributed by atoms with Crippen molar-refractivity contribution in [2.75, 3.05) is 52.5 Å². The lowest BCUT2D eigenvalue weighted by Gasteiger charge is -2.34. The van der Waals surface area contributed by atoms with Crippen molar-refractivity contribution >= 4 is 5.96 Å². The highest BCUT2D eigenvalue weighted by molar-refractivity contribution is 5.77. The Morgan fingerprint density at radius 2 is 2.00 bits per heavy atom. The third-order valence-electron chi connectivity index (χ3n) is 5.68. The van der Waals surface area contributed by atoms with E-state index in [0.717, 1.165) is 78.3 Å². The van der Waals surface area contributed by atoms with E-state index < -0.39 is 0 Å². The topological polar surface area (TPSA) is 66.1 Å². The van der Waals surface area contributed by atoms with Crippen molar-refractivity contribution in [3.8, 4) is 0 Å². The molecule has 1 saturated heterocycles. The Hall–Kier alpha value is -1.63. The molecule has 150 valence electrons. The van der Waals surface area contributed by atoms with Crippen molar-refractivity contribution in [3.05, 3.63) is 35.4 Å². The van der Waals surface area contributed by atoms with Crippen LogP contribution in [0.2, 0.25) is 0 Å². The van der Waals surface area contributed by atoms with Gasteiger partial charge in [0.1, 0.15) is 0 Å². The van der Waals surface area contributed by atoms with E-state index in [1.165, 1.54) is 11.1 Å². The number of morpholine rings is 1. The molecule has 2 aliphatic heterocycles. The number of rotatable bonds is 8. The number of hydrogen-bond acceptors (Lipinski definition) is 4. The molecule has 0 aromatic heterocycles. The number of ether oxygens (including phenoxy) is 1. The molecule has 6 heteroatoms. The van der Waals surface area contributed by atoms with Crippen LogP contribution in [0.4, 0.5) is 0 Å². The molecule has 0 bridgehead atoms. The number of guanidine groups is 1. The average Bonchev–Trinajstić information content (AvgIpc) is 2.72. The molecular weight excluding hydrogens is 338 g/mol. The van der Waals surface area contributed by atoms with Crippen LogP contribution in [0.3, 0.4) is 0 Å². The quantitative estimate of drug-likeness (QED) is 0.410. The van der Waals surface area contributed by atoms with Crippen LogP contribution >= 0.6 is 0 Å². The summed E-state index contributed by atoms with van der Waals surface area (Å²) in [6.45, 7) is 10.9. The van der Waals surface area contributed by atoms with Crippen LogP contribution in [0.5, 0.6) is 0 Å². The van der Waals surface area contributed by atoms with Gasteiger partial charge in [0.15, 0.2) is 5.96 Å². The van der Waals surface area contributed by atoms with Crippen LogP contribution in [0, 0.1) is 0 Å². The summed E-state index contributed by atoms with van der Waals surface area (Å²) in [7, 11) is 0. The standard InChI is InChI=1S/C21H35N5O/c1-2-20(26-11-8-18-6-3-4-7-19(18)17-26)16-24-21(22)23-9-5-10-25-12-14-27-15-13-25/h3-4,6-7,20H,2,5,8-17H2,1H3,(H3,22,23,24). The molecular formula is C21H35N5O. The molecule has 0 radical (unpaired) electrons. The SMILES string of the molecule is CCC(CN=C(N)NCCCN1CCOCC1)N1CCc2ccccc2C1. The Morgan fingerprint density at radius 3 is 2.78 bits per heavy atom. The van der Waals surface area contributed by atoms with E-state index in [1.807, 2.05) is 0 Å². The Bertz CT molecular complexity index is 600. The molecule has 0 amide bonds. The van der Waals surface area contributed by atoms with E-state index in [1.54, 1.807) is 0 Å². The van der Waals surface area contributed by atoms with E-state index in [0.29, 0.717) is 12.0 Å². The van der Waals surface area contributed by atoms with Gasteiger partial charge in [0.2, 0.25) is 0 Å². The number of fused-ring (bicyclic) bond motifs is 1. The van der Waals surface area contributed by atoms with E-state index in [-0.39, 0.29) is 0 Å². The van der Waals surface area contributed by atoms with Gasteiger partial charge in [-0.25, -0.2) is 0 Å². The number of aliphatic imine (C=N–C) groups is 1. The molecule has 1 fully saturated rings. The summed E-state index contributed by atoms with van der Waals surface area (Å²) in [5, 5.41) is 3.27. The van der Waals surface area contributed by atoms with E-state index in [9.17, 15) is 0 Å². The molecule has 0 spiro atoms. The molecule has 2 aliphatic rings. The van der Waals surface area contributed by atoms with Gasteiger partial charge in [-0.05, 0) is 36.9 Å². The van der Waals surface area contributed by atoms with Crippen LogP contribution in [-0.4, -0.2) is 74.3 Å². The number of nitrogens with two attached hydrogens (primary N) is 1. The summed E-state index contributed by atoms with van der Waals surface area (Å²) < 4.78 is 5.38. The summed E-state index contributed by atoms with van der Waals surface area (Å²) in [6.07, 6.45) is 3.30. The third-order valence-corrected chi connectivity index (χ3v) is 5.68. The number of nitrogens with one attached hydrogen (secondary N) is 1. The minimum Gasteiger partial charge on any atom is -0.379 e. The Balaban J connectivity index is 1.38. The second-order valence-electron chi connectivity index (χ2n) is 7.51. The maximum Gasteiger partial charge on any atom is 0.188 e. The molecule has 27 heavy (non-hydrogen) atoms. The molecule has 3 N–H and O–H groups in total. The van der Waals surface area contributed by atoms with Crippen molar-refractivity contribution < 1.29 is 4.74 Å². The lowest BCUT2D eigenvalue weighted by atomic mass is 9.98. The molecule has 1 aromatic rings. The largest absolute Gasteiger partial charge is 0.379 e. The van der Waals surface area contributed by atoms with Gasteiger partial charge in [-0.2, -0.15) is 0 Å². The highest BCUT2D eigenvalue weighted by Crippen LogP contribution is 2.21. The molecule has 1 aromatic carbocycles. The van der Waals surface area contributed by atoms with E-state index in [4.69, 9.17) is 10.5 Å². The van der Waals surface area contributed by atoms with Gasteiger partial charge >= 0.3 is 0 Å². The lowest BCUT2D eigenvalue weighted by molar-refractivity contribution is 0.0376. The van der Waals surface area contributed by atoms with Gasteiger partial charge in [-0.3, -0.25) is 14.8 Å². The van der Waals surface area contributed by atoms with E-state index in [2.05, 4.69) is 51.3 Å². The highest BCUT2D eigenvalue weighted by Gasteiger charge is 2.22. The maximum atomic E-state index is 6.09. The first-order valence-corrected chi connectivity index (χ1v) is 10.4. The minimum atomic E-state index is 0.451. The van der Waals surface area contributed by atoms with Crippen LogP contribution in [0.25, 0.3) is 0 Å². The first-order chi connectivity index (χ1) is 13.3. The van der Waals surface area contributed by atoms with Gasteiger partial charge in [-0.15, -0.1) is 0 Å². The predicted molar refractivity (Wildman–Crippen MR) is 111 cm³/mol. The molecule has 1 atom stereocenters. The molecule has 0 saturated carbocycles. The van der Waals surface area contributed by atoms with Crippen molar-refractivity contribution in [2.45, 2.75) is 38.8 Å². The smallest absolute Gasteiger partial charge is 0.188 e. The van der Waals surface area contributed by atoms with Crippen molar-refractivity contribution in [1.82, 2.24) is 15.1 Å². The second-order valence-corrected chi connectivity index (χ2v) is 7.51. The third kappa shape index (κ3) is 6.19. The Morgan fingerprint density at radius 1 is 1.22 bits per heavy atom. The van der Waals surface area contributed by atoms with Gasteiger partial charge in [0.25, 0.3) is 0 Å². The Kier molecular flexibility index (Phi) is 7.93. The Labute approximate surface area is 163 Å². The van der Waals surface area contributed by atoms with Crippen molar-refractivity contribution in [1.29, 1.82) is 0 Å². The predicted octanol–water partition coefficient (Wildman–Crippen LogP) is 1.45. The van der Waals surface area contributed by atoms with Gasteiger partial charge in [-0.1, -0.05) is 31.2 Å². The molecule has 1 unspecified atom stereocenters. The number of benzene rings is 1. The fourth-order valence-corrected chi connectivity index (χ4v) is 3.94. The zero-order chi connectivity index (χ0) is 18.9. The van der Waals surface area contributed by atoms with Crippen molar-refractivity contribution in [2.24, 2.45) is 10.7 Å². The van der Waals surface area contributed by atoms with Gasteiger partial charge < -0.3 is 15.8 Å². The van der Waals surface area contributed by atoms with Crippen LogP contribution in [-0.2, 0) is 17.7 Å². The zero-order valence-corrected chi connectivity index (χ0v) is 16.7. The molecule has 2 heterocycles. The average molecular weight is 374 g/mol. The second kappa shape index (κ2) is 10.6. The highest BCUT2D eigenvalue weighted by atomic mass is 16.5. The fourth-order valence-electron chi connectivity index (χ4n) is 3.94. The first kappa shape index (κ1) is 20.1. The zero-order valence-electron chi connectivity index (χ0n) is 16.7. The number of nitrogens with zero attached hydrogens (tertiary/aromatic N) is 3.